The van der Waals surface area contributed by atoms with Gasteiger partial charge < -0.3 is 0 Å². The molecule has 1 aromatic carbocycles. The second-order valence-electron chi connectivity index (χ2n) is 8.53. The lowest BCUT2D eigenvalue weighted by molar-refractivity contribution is 0.462. The van der Waals surface area contributed by atoms with Gasteiger partial charge in [0.2, 0.25) is 0 Å². The molecule has 0 aliphatic carbocycles. The van der Waals surface area contributed by atoms with E-state index in [1.807, 2.05) is 6.07 Å². The summed E-state index contributed by atoms with van der Waals surface area (Å²) in [7, 11) is 0. The van der Waals surface area contributed by atoms with Crippen molar-refractivity contribution in [3.8, 4) is 0 Å². The SMILES string of the molecule is CCCCCCc1cc(C(F)Br)c(CCCCCC)c(CCCCCC)c1C(F)Br. The molecular formula is C26H42Br2F2. The quantitative estimate of drug-likeness (QED) is 0.133. The molecule has 0 spiro atoms. The number of hydrogen-bond donors (Lipinski definition) is 0. The molecule has 4 heteroatoms. The van der Waals surface area contributed by atoms with E-state index in [1.54, 1.807) is 0 Å². The highest BCUT2D eigenvalue weighted by atomic mass is 79.9. The van der Waals surface area contributed by atoms with Crippen molar-refractivity contribution in [2.24, 2.45) is 0 Å². The summed E-state index contributed by atoms with van der Waals surface area (Å²) in [6, 6.07) is 1.96. The van der Waals surface area contributed by atoms with Crippen molar-refractivity contribution in [2.45, 2.75) is 127 Å². The van der Waals surface area contributed by atoms with Crippen molar-refractivity contribution in [2.75, 3.05) is 0 Å². The van der Waals surface area contributed by atoms with Crippen LogP contribution in [0.4, 0.5) is 8.78 Å². The molecule has 0 heterocycles. The van der Waals surface area contributed by atoms with Crippen LogP contribution in [0.5, 0.6) is 0 Å². The molecule has 0 aromatic heterocycles. The molecule has 0 saturated carbocycles. The molecule has 1 rings (SSSR count). The molecule has 2 unspecified atom stereocenters. The molecule has 0 saturated heterocycles. The molecule has 1 aromatic rings. The summed E-state index contributed by atoms with van der Waals surface area (Å²) in [5.41, 5.74) is 4.67. The molecule has 30 heavy (non-hydrogen) atoms. The van der Waals surface area contributed by atoms with Gasteiger partial charge in [-0.25, -0.2) is 8.78 Å². The first-order chi connectivity index (χ1) is 14.5. The maximum atomic E-state index is 14.9. The highest BCUT2D eigenvalue weighted by molar-refractivity contribution is 9.09. The first kappa shape index (κ1) is 28.1. The molecule has 0 bridgehead atoms. The average molecular weight is 552 g/mol. The normalized spacial score (nSPS) is 13.6. The van der Waals surface area contributed by atoms with Crippen LogP contribution in [0, 0.1) is 0 Å². The topological polar surface area (TPSA) is 0 Å². The van der Waals surface area contributed by atoms with Crippen LogP contribution in [0.3, 0.4) is 0 Å². The van der Waals surface area contributed by atoms with Gasteiger partial charge in [0.05, 0.1) is 0 Å². The van der Waals surface area contributed by atoms with Gasteiger partial charge in [0.25, 0.3) is 0 Å². The van der Waals surface area contributed by atoms with Crippen LogP contribution in [0.2, 0.25) is 0 Å². The van der Waals surface area contributed by atoms with E-state index >= 15 is 0 Å². The molecule has 0 aliphatic rings. The maximum absolute atomic E-state index is 14.9. The third-order valence-corrected chi connectivity index (χ3v) is 6.98. The summed E-state index contributed by atoms with van der Waals surface area (Å²) in [6.07, 6.45) is 16.2. The van der Waals surface area contributed by atoms with Crippen molar-refractivity contribution in [3.63, 3.8) is 0 Å². The monoisotopic (exact) mass is 550 g/mol. The second-order valence-corrected chi connectivity index (χ2v) is 10.1. The van der Waals surface area contributed by atoms with E-state index in [0.717, 1.165) is 85.6 Å². The van der Waals surface area contributed by atoms with Crippen LogP contribution < -0.4 is 0 Å². The predicted molar refractivity (Wildman–Crippen MR) is 136 cm³/mol. The predicted octanol–water partition coefficient (Wildman–Crippen LogP) is 10.8. The number of alkyl halides is 4. The third-order valence-electron chi connectivity index (χ3n) is 6.03. The third kappa shape index (κ3) is 9.67. The van der Waals surface area contributed by atoms with Gasteiger partial charge in [-0.1, -0.05) is 84.6 Å². The molecule has 0 amide bonds. The Morgan fingerprint density at radius 2 is 1.10 bits per heavy atom. The van der Waals surface area contributed by atoms with Crippen LogP contribution >= 0.6 is 31.9 Å². The Balaban J connectivity index is 3.32. The summed E-state index contributed by atoms with van der Waals surface area (Å²) in [6.45, 7) is 6.60. The van der Waals surface area contributed by atoms with Gasteiger partial charge in [0, 0.05) is 11.1 Å². The summed E-state index contributed by atoms with van der Waals surface area (Å²) in [5, 5.41) is -2.37. The van der Waals surface area contributed by atoms with Gasteiger partial charge in [-0.05, 0) is 87.1 Å². The van der Waals surface area contributed by atoms with Crippen molar-refractivity contribution < 1.29 is 8.78 Å². The van der Waals surface area contributed by atoms with Gasteiger partial charge in [0.15, 0.2) is 10.2 Å². The summed E-state index contributed by atoms with van der Waals surface area (Å²) in [5.74, 6) is 0. The van der Waals surface area contributed by atoms with E-state index in [-0.39, 0.29) is 0 Å². The van der Waals surface area contributed by atoms with Crippen molar-refractivity contribution in [1.82, 2.24) is 0 Å². The minimum absolute atomic E-state index is 0.736. The minimum Gasteiger partial charge on any atom is -0.230 e. The van der Waals surface area contributed by atoms with E-state index in [0.29, 0.717) is 0 Å². The Kier molecular flexibility index (Phi) is 15.6. The number of benzene rings is 1. The lowest BCUT2D eigenvalue weighted by Crippen LogP contribution is -2.10. The van der Waals surface area contributed by atoms with Crippen molar-refractivity contribution >= 4 is 31.9 Å². The van der Waals surface area contributed by atoms with E-state index in [9.17, 15) is 8.78 Å². The number of halogens is 4. The standard InChI is InChI=1S/C26H42Br2F2/c1-4-7-10-13-16-20-19-23(25(27)29)21(17-14-11-8-5-2)22(24(20)26(28)30)18-15-12-9-6-3/h19,25-26H,4-18H2,1-3H3. The first-order valence-electron chi connectivity index (χ1n) is 12.2. The lowest BCUT2D eigenvalue weighted by Gasteiger charge is -2.24. The fourth-order valence-corrected chi connectivity index (χ4v) is 5.32. The Morgan fingerprint density at radius 3 is 1.53 bits per heavy atom. The first-order valence-corrected chi connectivity index (χ1v) is 14.0. The zero-order valence-corrected chi connectivity index (χ0v) is 22.5. The van der Waals surface area contributed by atoms with E-state index in [2.05, 4.69) is 52.6 Å². The molecule has 2 atom stereocenters. The van der Waals surface area contributed by atoms with E-state index in [1.165, 1.54) is 38.5 Å². The van der Waals surface area contributed by atoms with Crippen molar-refractivity contribution in [3.05, 3.63) is 33.9 Å². The fourth-order valence-electron chi connectivity index (χ4n) is 4.34. The van der Waals surface area contributed by atoms with Gasteiger partial charge in [-0.3, -0.25) is 0 Å². The van der Waals surface area contributed by atoms with Gasteiger partial charge in [-0.15, -0.1) is 0 Å². The highest BCUT2D eigenvalue weighted by Crippen LogP contribution is 2.40. The second kappa shape index (κ2) is 16.6. The largest absolute Gasteiger partial charge is 0.230 e. The number of aryl methyl sites for hydroxylation is 1. The average Bonchev–Trinajstić information content (AvgIpc) is 2.71. The summed E-state index contributed by atoms with van der Waals surface area (Å²) < 4.78 is 29.5. The number of rotatable bonds is 17. The summed E-state index contributed by atoms with van der Waals surface area (Å²) >= 11 is 6.45. The molecule has 0 N–H and O–H groups in total. The van der Waals surface area contributed by atoms with Crippen LogP contribution in [-0.4, -0.2) is 0 Å². The van der Waals surface area contributed by atoms with Crippen molar-refractivity contribution in [1.29, 1.82) is 0 Å². The maximum Gasteiger partial charge on any atom is 0.180 e. The van der Waals surface area contributed by atoms with Crippen LogP contribution in [0.15, 0.2) is 6.07 Å². The Bertz CT molecular complexity index is 585. The zero-order chi connectivity index (χ0) is 22.4. The fraction of sp³-hybridized carbons (Fsp3) is 0.769. The highest BCUT2D eigenvalue weighted by Gasteiger charge is 2.24. The molecule has 0 nitrogen and oxygen atoms in total. The number of unbranched alkanes of at least 4 members (excludes halogenated alkanes) is 9. The molecule has 0 aliphatic heterocycles. The number of hydrogen-bond acceptors (Lipinski definition) is 0. The summed E-state index contributed by atoms with van der Waals surface area (Å²) in [4.78, 5) is 0. The Hall–Kier alpha value is 0.0400. The van der Waals surface area contributed by atoms with E-state index < -0.39 is 10.2 Å². The smallest absolute Gasteiger partial charge is 0.180 e. The van der Waals surface area contributed by atoms with Crippen LogP contribution in [0.25, 0.3) is 0 Å². The molecular weight excluding hydrogens is 510 g/mol. The Labute approximate surface area is 201 Å². The minimum atomic E-state index is -1.19. The van der Waals surface area contributed by atoms with Crippen LogP contribution in [0.1, 0.15) is 136 Å². The zero-order valence-electron chi connectivity index (χ0n) is 19.4. The Morgan fingerprint density at radius 1 is 0.633 bits per heavy atom. The lowest BCUT2D eigenvalue weighted by atomic mass is 9.85. The molecule has 174 valence electrons. The van der Waals surface area contributed by atoms with Gasteiger partial charge >= 0.3 is 0 Å². The molecule has 0 fully saturated rings. The molecule has 0 radical (unpaired) electrons. The van der Waals surface area contributed by atoms with Crippen LogP contribution in [-0.2, 0) is 19.3 Å². The van der Waals surface area contributed by atoms with Gasteiger partial charge in [0.1, 0.15) is 0 Å². The van der Waals surface area contributed by atoms with Gasteiger partial charge in [-0.2, -0.15) is 0 Å². The van der Waals surface area contributed by atoms with E-state index in [4.69, 9.17) is 0 Å².